The molecule has 0 radical (unpaired) electrons. The van der Waals surface area contributed by atoms with Crippen LogP contribution in [0, 0.1) is 34.5 Å². The highest BCUT2D eigenvalue weighted by atomic mass is 16.3. The van der Waals surface area contributed by atoms with Crippen molar-refractivity contribution in [2.45, 2.75) is 89.9 Å². The summed E-state index contributed by atoms with van der Waals surface area (Å²) in [7, 11) is 0. The Morgan fingerprint density at radius 3 is 2.30 bits per heavy atom. The molecule has 0 aromatic carbocycles. The number of aliphatic hydroxyl groups is 3. The Labute approximate surface area is 140 Å². The van der Waals surface area contributed by atoms with Gasteiger partial charge < -0.3 is 15.3 Å². The summed E-state index contributed by atoms with van der Waals surface area (Å²) in [5.74, 6) is 2.49. The predicted molar refractivity (Wildman–Crippen MR) is 89.7 cm³/mol. The van der Waals surface area contributed by atoms with Crippen LogP contribution in [-0.4, -0.2) is 33.1 Å². The van der Waals surface area contributed by atoms with Crippen LogP contribution >= 0.6 is 0 Å². The summed E-state index contributed by atoms with van der Waals surface area (Å²) in [5.41, 5.74) is -0.711. The van der Waals surface area contributed by atoms with Crippen LogP contribution in [0.4, 0.5) is 0 Å². The number of fused-ring (bicyclic) bond motifs is 5. The van der Waals surface area contributed by atoms with Gasteiger partial charge in [-0.05, 0) is 87.4 Å². The molecule has 0 aliphatic heterocycles. The van der Waals surface area contributed by atoms with Gasteiger partial charge in [-0.1, -0.05) is 13.8 Å². The lowest BCUT2D eigenvalue weighted by molar-refractivity contribution is -0.164. The molecule has 0 saturated heterocycles. The van der Waals surface area contributed by atoms with E-state index in [4.69, 9.17) is 0 Å². The van der Waals surface area contributed by atoms with E-state index in [2.05, 4.69) is 13.8 Å². The molecule has 3 N–H and O–H groups in total. The fourth-order valence-electron chi connectivity index (χ4n) is 7.47. The van der Waals surface area contributed by atoms with Crippen LogP contribution in [-0.2, 0) is 0 Å². The quantitative estimate of drug-likeness (QED) is 0.642. The van der Waals surface area contributed by atoms with Gasteiger partial charge in [0.15, 0.2) is 0 Å². The van der Waals surface area contributed by atoms with Gasteiger partial charge >= 0.3 is 0 Å². The van der Waals surface area contributed by atoms with E-state index in [9.17, 15) is 15.3 Å². The molecular formula is C20H34O3. The van der Waals surface area contributed by atoms with Gasteiger partial charge in [0.2, 0.25) is 0 Å². The standard InChI is InChI=1S/C20H34O3/c1-18-8-6-13(21)10-12(18)4-5-14-15(18)7-9-19(2)16(14)11-17(22)20(19,3)23/h12-17,21-23H,4-11H2,1-3H3/t12-,13+,14+,15-,16-,17+,18-,19-,20-/m0/s1. The van der Waals surface area contributed by atoms with Gasteiger partial charge in [-0.3, -0.25) is 0 Å². The van der Waals surface area contributed by atoms with E-state index in [0.29, 0.717) is 29.1 Å². The minimum atomic E-state index is -0.941. The smallest absolute Gasteiger partial charge is 0.0933 e. The zero-order valence-electron chi connectivity index (χ0n) is 15.0. The van der Waals surface area contributed by atoms with Crippen molar-refractivity contribution in [2.24, 2.45) is 34.5 Å². The molecule has 4 fully saturated rings. The lowest BCUT2D eigenvalue weighted by Gasteiger charge is -2.61. The van der Waals surface area contributed by atoms with Crippen molar-refractivity contribution >= 4 is 0 Å². The predicted octanol–water partition coefficient (Wildman–Crippen LogP) is 3.11. The van der Waals surface area contributed by atoms with Crippen LogP contribution in [0.1, 0.15) is 72.1 Å². The molecule has 3 nitrogen and oxygen atoms in total. The molecule has 0 amide bonds. The van der Waals surface area contributed by atoms with Crippen molar-refractivity contribution in [3.63, 3.8) is 0 Å². The van der Waals surface area contributed by atoms with Crippen LogP contribution < -0.4 is 0 Å². The molecule has 0 aromatic rings. The fraction of sp³-hybridized carbons (Fsp3) is 1.00. The van der Waals surface area contributed by atoms with Crippen molar-refractivity contribution in [3.05, 3.63) is 0 Å². The highest BCUT2D eigenvalue weighted by Gasteiger charge is 2.66. The van der Waals surface area contributed by atoms with Gasteiger partial charge in [-0.25, -0.2) is 0 Å². The maximum absolute atomic E-state index is 11.0. The molecule has 0 bridgehead atoms. The molecular weight excluding hydrogens is 288 g/mol. The minimum absolute atomic E-state index is 0.0903. The van der Waals surface area contributed by atoms with Crippen LogP contribution in [0.3, 0.4) is 0 Å². The van der Waals surface area contributed by atoms with Crippen molar-refractivity contribution in [1.29, 1.82) is 0 Å². The van der Waals surface area contributed by atoms with Gasteiger partial charge in [0.25, 0.3) is 0 Å². The summed E-state index contributed by atoms with van der Waals surface area (Å²) in [6, 6.07) is 0. The first kappa shape index (κ1) is 16.4. The number of rotatable bonds is 0. The lowest BCUT2D eigenvalue weighted by Crippen LogP contribution is -2.57. The average Bonchev–Trinajstić information content (AvgIpc) is 2.67. The second kappa shape index (κ2) is 4.95. The molecule has 4 rings (SSSR count). The van der Waals surface area contributed by atoms with Crippen LogP contribution in [0.5, 0.6) is 0 Å². The number of aliphatic hydroxyl groups excluding tert-OH is 2. The van der Waals surface area contributed by atoms with E-state index in [1.807, 2.05) is 6.92 Å². The third kappa shape index (κ3) is 1.99. The van der Waals surface area contributed by atoms with E-state index in [-0.39, 0.29) is 11.5 Å². The summed E-state index contributed by atoms with van der Waals surface area (Å²) in [6.07, 6.45) is 7.87. The first-order chi connectivity index (χ1) is 10.7. The summed E-state index contributed by atoms with van der Waals surface area (Å²) in [4.78, 5) is 0. The van der Waals surface area contributed by atoms with Gasteiger partial charge in [0.1, 0.15) is 0 Å². The molecule has 4 aliphatic rings. The Balaban J connectivity index is 1.65. The van der Waals surface area contributed by atoms with E-state index >= 15 is 0 Å². The number of hydrogen-bond donors (Lipinski definition) is 3. The second-order valence-electron chi connectivity index (χ2n) is 9.94. The van der Waals surface area contributed by atoms with Crippen LogP contribution in [0.25, 0.3) is 0 Å². The van der Waals surface area contributed by atoms with Crippen LogP contribution in [0.2, 0.25) is 0 Å². The van der Waals surface area contributed by atoms with Gasteiger partial charge in [0.05, 0.1) is 17.8 Å². The topological polar surface area (TPSA) is 60.7 Å². The molecule has 0 spiro atoms. The van der Waals surface area contributed by atoms with E-state index in [1.165, 1.54) is 19.3 Å². The highest BCUT2D eigenvalue weighted by Crippen LogP contribution is 2.68. The van der Waals surface area contributed by atoms with Gasteiger partial charge in [0, 0.05) is 5.41 Å². The first-order valence-corrected chi connectivity index (χ1v) is 9.78. The van der Waals surface area contributed by atoms with Crippen molar-refractivity contribution < 1.29 is 15.3 Å². The van der Waals surface area contributed by atoms with E-state index < -0.39 is 11.7 Å². The minimum Gasteiger partial charge on any atom is -0.393 e. The Bertz CT molecular complexity index is 489. The third-order valence-corrected chi connectivity index (χ3v) is 9.31. The zero-order chi connectivity index (χ0) is 16.6. The molecule has 9 atom stereocenters. The summed E-state index contributed by atoms with van der Waals surface area (Å²) < 4.78 is 0. The van der Waals surface area contributed by atoms with Crippen molar-refractivity contribution in [1.82, 2.24) is 0 Å². The summed E-state index contributed by atoms with van der Waals surface area (Å²) in [6.45, 7) is 6.57. The molecule has 0 unspecified atom stereocenters. The molecule has 132 valence electrons. The summed E-state index contributed by atoms with van der Waals surface area (Å²) in [5, 5.41) is 31.5. The zero-order valence-corrected chi connectivity index (χ0v) is 15.0. The molecule has 23 heavy (non-hydrogen) atoms. The monoisotopic (exact) mass is 322 g/mol. The second-order valence-corrected chi connectivity index (χ2v) is 9.94. The Hall–Kier alpha value is -0.120. The third-order valence-electron chi connectivity index (χ3n) is 9.31. The molecule has 3 heteroatoms. The largest absolute Gasteiger partial charge is 0.393 e. The molecule has 0 heterocycles. The maximum Gasteiger partial charge on any atom is 0.0933 e. The Morgan fingerprint density at radius 2 is 1.57 bits per heavy atom. The van der Waals surface area contributed by atoms with Gasteiger partial charge in [-0.15, -0.1) is 0 Å². The Morgan fingerprint density at radius 1 is 0.826 bits per heavy atom. The molecule has 0 aromatic heterocycles. The molecule has 4 saturated carbocycles. The maximum atomic E-state index is 11.0. The summed E-state index contributed by atoms with van der Waals surface area (Å²) >= 11 is 0. The number of hydrogen-bond acceptors (Lipinski definition) is 3. The average molecular weight is 322 g/mol. The van der Waals surface area contributed by atoms with Crippen molar-refractivity contribution in [3.8, 4) is 0 Å². The fourth-order valence-corrected chi connectivity index (χ4v) is 7.47. The lowest BCUT2D eigenvalue weighted by atomic mass is 9.44. The SMILES string of the molecule is C[C@]12CC[C@@H](O)C[C@@H]1CC[C@@H]1[C@@H]2CC[C@@]2(C)[C@H]1C[C@@H](O)[C@]2(C)O. The van der Waals surface area contributed by atoms with E-state index in [1.54, 1.807) is 0 Å². The van der Waals surface area contributed by atoms with Gasteiger partial charge in [-0.2, -0.15) is 0 Å². The molecule has 4 aliphatic carbocycles. The van der Waals surface area contributed by atoms with E-state index in [0.717, 1.165) is 32.1 Å². The Kier molecular flexibility index (Phi) is 3.52. The highest BCUT2D eigenvalue weighted by molar-refractivity contribution is 5.15. The normalized spacial score (nSPS) is 62.3. The first-order valence-electron chi connectivity index (χ1n) is 9.78. The van der Waals surface area contributed by atoms with Crippen molar-refractivity contribution in [2.75, 3.05) is 0 Å². The van der Waals surface area contributed by atoms with Crippen LogP contribution in [0.15, 0.2) is 0 Å².